The summed E-state index contributed by atoms with van der Waals surface area (Å²) in [5, 5.41) is 5.27. The number of amides is 4. The van der Waals surface area contributed by atoms with Gasteiger partial charge in [0.05, 0.1) is 12.7 Å². The molecule has 1 saturated heterocycles. The summed E-state index contributed by atoms with van der Waals surface area (Å²) in [6.07, 6.45) is 1.78. The summed E-state index contributed by atoms with van der Waals surface area (Å²) < 4.78 is 4.63. The topological polar surface area (TPSA) is 105 Å². The smallest absolute Gasteiger partial charge is 0.337 e. The zero-order valence-corrected chi connectivity index (χ0v) is 14.0. The molecule has 0 unspecified atom stereocenters. The van der Waals surface area contributed by atoms with E-state index in [0.717, 1.165) is 17.7 Å². The van der Waals surface area contributed by atoms with E-state index >= 15 is 0 Å². The third kappa shape index (κ3) is 3.19. The van der Waals surface area contributed by atoms with Crippen LogP contribution in [0.2, 0.25) is 0 Å². The van der Waals surface area contributed by atoms with Gasteiger partial charge in [-0.3, -0.25) is 14.5 Å². The number of rotatable bonds is 5. The molecule has 2 fully saturated rings. The molecule has 4 amide bonds. The predicted molar refractivity (Wildman–Crippen MR) is 87.8 cm³/mol. The van der Waals surface area contributed by atoms with Crippen LogP contribution in [0.5, 0.6) is 0 Å². The number of benzene rings is 1. The van der Waals surface area contributed by atoms with Crippen molar-refractivity contribution in [1.29, 1.82) is 0 Å². The molecule has 3 rings (SSSR count). The van der Waals surface area contributed by atoms with Gasteiger partial charge >= 0.3 is 12.0 Å². The number of imide groups is 1. The molecule has 1 aromatic carbocycles. The number of nitrogens with one attached hydrogen (secondary N) is 2. The summed E-state index contributed by atoms with van der Waals surface area (Å²) in [5.41, 5.74) is -0.246. The third-order valence-corrected chi connectivity index (χ3v) is 4.56. The van der Waals surface area contributed by atoms with Crippen molar-refractivity contribution in [3.05, 3.63) is 29.8 Å². The molecule has 8 nitrogen and oxygen atoms in total. The second kappa shape index (κ2) is 6.19. The van der Waals surface area contributed by atoms with Gasteiger partial charge in [0.15, 0.2) is 0 Å². The van der Waals surface area contributed by atoms with Gasteiger partial charge in [-0.05, 0) is 43.9 Å². The Morgan fingerprint density at radius 3 is 2.72 bits per heavy atom. The van der Waals surface area contributed by atoms with Crippen LogP contribution in [0.15, 0.2) is 24.3 Å². The van der Waals surface area contributed by atoms with E-state index in [1.165, 1.54) is 13.2 Å². The van der Waals surface area contributed by atoms with Gasteiger partial charge in [0, 0.05) is 5.69 Å². The number of hydrogen-bond acceptors (Lipinski definition) is 5. The van der Waals surface area contributed by atoms with Crippen LogP contribution < -0.4 is 10.6 Å². The Bertz CT molecular complexity index is 758. The fourth-order valence-electron chi connectivity index (χ4n) is 2.98. The van der Waals surface area contributed by atoms with Crippen LogP contribution in [0.25, 0.3) is 0 Å². The molecule has 0 radical (unpaired) electrons. The van der Waals surface area contributed by atoms with E-state index in [9.17, 15) is 19.2 Å². The molecule has 0 bridgehead atoms. The highest BCUT2D eigenvalue weighted by molar-refractivity contribution is 6.10. The van der Waals surface area contributed by atoms with Gasteiger partial charge < -0.3 is 15.4 Å². The summed E-state index contributed by atoms with van der Waals surface area (Å²) in [5.74, 6) is -1.29. The SMILES string of the molecule is COC(=O)c1cccc(NC(=O)CN2C(=O)N[C@@](C)(C3CC3)C2=O)c1. The van der Waals surface area contributed by atoms with E-state index in [1.54, 1.807) is 25.1 Å². The van der Waals surface area contributed by atoms with E-state index < -0.39 is 23.4 Å². The first-order valence-electron chi connectivity index (χ1n) is 7.97. The van der Waals surface area contributed by atoms with Crippen LogP contribution in [-0.4, -0.2) is 47.9 Å². The molecule has 2 N–H and O–H groups in total. The highest BCUT2D eigenvalue weighted by Gasteiger charge is 2.56. The monoisotopic (exact) mass is 345 g/mol. The van der Waals surface area contributed by atoms with Crippen LogP contribution in [-0.2, 0) is 14.3 Å². The molecule has 2 aliphatic rings. The number of methoxy groups -OCH3 is 1. The van der Waals surface area contributed by atoms with Crippen molar-refractivity contribution in [2.24, 2.45) is 5.92 Å². The Labute approximate surface area is 144 Å². The van der Waals surface area contributed by atoms with Crippen LogP contribution in [0, 0.1) is 5.92 Å². The highest BCUT2D eigenvalue weighted by atomic mass is 16.5. The lowest BCUT2D eigenvalue weighted by Gasteiger charge is -2.20. The molecule has 132 valence electrons. The van der Waals surface area contributed by atoms with Gasteiger partial charge in [-0.15, -0.1) is 0 Å². The average molecular weight is 345 g/mol. The Balaban J connectivity index is 1.66. The van der Waals surface area contributed by atoms with Crippen molar-refractivity contribution in [3.63, 3.8) is 0 Å². The normalized spacial score (nSPS) is 22.6. The molecular formula is C17H19N3O5. The van der Waals surface area contributed by atoms with Crippen molar-refractivity contribution < 1.29 is 23.9 Å². The lowest BCUT2D eigenvalue weighted by molar-refractivity contribution is -0.134. The standard InChI is InChI=1S/C17H19N3O5/c1-17(11-6-7-11)15(23)20(16(24)19-17)9-13(21)18-12-5-3-4-10(8-12)14(22)25-2/h3-5,8,11H,6-7,9H2,1-2H3,(H,18,21)(H,19,24)/t17-/m0/s1. The van der Waals surface area contributed by atoms with Crippen LogP contribution in [0.3, 0.4) is 0 Å². The Morgan fingerprint density at radius 1 is 1.36 bits per heavy atom. The number of nitrogens with zero attached hydrogens (tertiary/aromatic N) is 1. The molecule has 1 aliphatic heterocycles. The van der Waals surface area contributed by atoms with Gasteiger partial charge in [0.25, 0.3) is 5.91 Å². The van der Waals surface area contributed by atoms with E-state index in [-0.39, 0.29) is 23.9 Å². The second-order valence-corrected chi connectivity index (χ2v) is 6.42. The fourth-order valence-corrected chi connectivity index (χ4v) is 2.98. The first-order valence-corrected chi connectivity index (χ1v) is 7.97. The number of esters is 1. The molecule has 0 spiro atoms. The molecule has 0 aromatic heterocycles. The predicted octanol–water partition coefficient (Wildman–Crippen LogP) is 1.13. The minimum absolute atomic E-state index is 0.133. The molecule has 1 saturated carbocycles. The maximum absolute atomic E-state index is 12.5. The Kier molecular flexibility index (Phi) is 4.20. The van der Waals surface area contributed by atoms with E-state index in [4.69, 9.17) is 0 Å². The third-order valence-electron chi connectivity index (χ3n) is 4.56. The fraction of sp³-hybridized carbons (Fsp3) is 0.412. The van der Waals surface area contributed by atoms with Gasteiger partial charge in [-0.2, -0.15) is 0 Å². The zero-order valence-electron chi connectivity index (χ0n) is 14.0. The summed E-state index contributed by atoms with van der Waals surface area (Å²) in [7, 11) is 1.27. The first-order chi connectivity index (χ1) is 11.8. The first kappa shape index (κ1) is 16.9. The highest BCUT2D eigenvalue weighted by Crippen LogP contribution is 2.42. The van der Waals surface area contributed by atoms with E-state index in [0.29, 0.717) is 5.69 Å². The number of anilines is 1. The van der Waals surface area contributed by atoms with Crippen LogP contribution in [0.4, 0.5) is 10.5 Å². The van der Waals surface area contributed by atoms with Gasteiger partial charge in [-0.1, -0.05) is 6.07 Å². The number of hydrogen-bond donors (Lipinski definition) is 2. The van der Waals surface area contributed by atoms with Crippen molar-refractivity contribution in [3.8, 4) is 0 Å². The number of carbonyl (C=O) groups is 4. The second-order valence-electron chi connectivity index (χ2n) is 6.42. The molecule has 1 aromatic rings. The lowest BCUT2D eigenvalue weighted by atomic mass is 9.96. The van der Waals surface area contributed by atoms with Crippen molar-refractivity contribution >= 4 is 29.5 Å². The molecule has 1 heterocycles. The minimum Gasteiger partial charge on any atom is -0.465 e. The summed E-state index contributed by atoms with van der Waals surface area (Å²) >= 11 is 0. The maximum atomic E-state index is 12.5. The molecule has 1 atom stereocenters. The summed E-state index contributed by atoms with van der Waals surface area (Å²) in [4.78, 5) is 49.2. The Hall–Kier alpha value is -2.90. The molecule has 8 heteroatoms. The zero-order chi connectivity index (χ0) is 18.2. The average Bonchev–Trinajstić information content (AvgIpc) is 3.40. The number of ether oxygens (including phenoxy) is 1. The van der Waals surface area contributed by atoms with Crippen LogP contribution in [0.1, 0.15) is 30.1 Å². The van der Waals surface area contributed by atoms with Gasteiger partial charge in [0.1, 0.15) is 12.1 Å². The number of carbonyl (C=O) groups excluding carboxylic acids is 4. The van der Waals surface area contributed by atoms with E-state index in [1.807, 2.05) is 0 Å². The Morgan fingerprint density at radius 2 is 2.08 bits per heavy atom. The summed E-state index contributed by atoms with van der Waals surface area (Å²) in [6, 6.07) is 5.66. The minimum atomic E-state index is -0.915. The lowest BCUT2D eigenvalue weighted by Crippen LogP contribution is -2.46. The molecular weight excluding hydrogens is 326 g/mol. The van der Waals surface area contributed by atoms with Crippen molar-refractivity contribution in [2.45, 2.75) is 25.3 Å². The molecule has 25 heavy (non-hydrogen) atoms. The van der Waals surface area contributed by atoms with Gasteiger partial charge in [0.2, 0.25) is 5.91 Å². The van der Waals surface area contributed by atoms with Crippen LogP contribution >= 0.6 is 0 Å². The largest absolute Gasteiger partial charge is 0.465 e. The van der Waals surface area contributed by atoms with Gasteiger partial charge in [-0.25, -0.2) is 9.59 Å². The van der Waals surface area contributed by atoms with E-state index in [2.05, 4.69) is 15.4 Å². The maximum Gasteiger partial charge on any atom is 0.337 e. The number of urea groups is 1. The van der Waals surface area contributed by atoms with Crippen molar-refractivity contribution in [1.82, 2.24) is 10.2 Å². The van der Waals surface area contributed by atoms with Crippen molar-refractivity contribution in [2.75, 3.05) is 19.0 Å². The quantitative estimate of drug-likeness (QED) is 0.615. The molecule has 1 aliphatic carbocycles. The summed E-state index contributed by atoms with van der Waals surface area (Å²) in [6.45, 7) is 1.32.